The van der Waals surface area contributed by atoms with E-state index in [1.165, 1.54) is 16.4 Å². The first-order chi connectivity index (χ1) is 18.3. The van der Waals surface area contributed by atoms with Crippen molar-refractivity contribution in [2.75, 3.05) is 25.0 Å². The minimum atomic E-state index is -3.71. The van der Waals surface area contributed by atoms with Gasteiger partial charge in [0.25, 0.3) is 11.5 Å². The number of carbonyl (C=O) groups is 1. The Kier molecular flexibility index (Phi) is 7.67. The van der Waals surface area contributed by atoms with Crippen molar-refractivity contribution in [2.45, 2.75) is 50.0 Å². The highest BCUT2D eigenvalue weighted by Gasteiger charge is 2.39. The highest BCUT2D eigenvalue weighted by atomic mass is 32.2. The maximum Gasteiger partial charge on any atom is 0.255 e. The van der Waals surface area contributed by atoms with Crippen LogP contribution in [-0.2, 0) is 16.6 Å². The van der Waals surface area contributed by atoms with E-state index in [1.54, 1.807) is 53.1 Å². The number of hydrogen-bond acceptors (Lipinski definition) is 5. The van der Waals surface area contributed by atoms with Crippen LogP contribution >= 0.6 is 0 Å². The number of carbonyl (C=O) groups excluding carboxylic acids is 1. The van der Waals surface area contributed by atoms with Crippen LogP contribution in [0, 0.1) is 5.92 Å². The lowest BCUT2D eigenvalue weighted by atomic mass is 9.84. The molecule has 1 saturated heterocycles. The van der Waals surface area contributed by atoms with Gasteiger partial charge < -0.3 is 14.6 Å². The minimum absolute atomic E-state index is 0.00198. The summed E-state index contributed by atoms with van der Waals surface area (Å²) in [5, 5.41) is 2.82. The van der Waals surface area contributed by atoms with Gasteiger partial charge in [-0.15, -0.1) is 0 Å². The Hall–Kier alpha value is -3.43. The Labute approximate surface area is 223 Å². The van der Waals surface area contributed by atoms with Crippen molar-refractivity contribution in [3.05, 3.63) is 88.3 Å². The number of ether oxygens (including phenoxy) is 1. The van der Waals surface area contributed by atoms with Crippen molar-refractivity contribution in [1.82, 2.24) is 8.87 Å². The van der Waals surface area contributed by atoms with Crippen LogP contribution in [-0.4, -0.2) is 42.9 Å². The molecule has 1 N–H and O–H groups in total. The molecule has 8 nitrogen and oxygen atoms in total. The number of nitrogens with one attached hydrogen (secondary N) is 1. The first kappa shape index (κ1) is 26.2. The van der Waals surface area contributed by atoms with Crippen molar-refractivity contribution in [3.63, 3.8) is 0 Å². The summed E-state index contributed by atoms with van der Waals surface area (Å²) in [7, 11) is -3.71. The Morgan fingerprint density at radius 3 is 2.47 bits per heavy atom. The van der Waals surface area contributed by atoms with Crippen LogP contribution in [0.3, 0.4) is 0 Å². The van der Waals surface area contributed by atoms with Gasteiger partial charge in [-0.25, -0.2) is 8.42 Å². The molecule has 200 valence electrons. The predicted octanol–water partition coefficient (Wildman–Crippen LogP) is 4.48. The summed E-state index contributed by atoms with van der Waals surface area (Å²) >= 11 is 0. The molecule has 2 bridgehead atoms. The molecular weight excluding hydrogens is 502 g/mol. The van der Waals surface area contributed by atoms with Gasteiger partial charge in [0.15, 0.2) is 0 Å². The van der Waals surface area contributed by atoms with Crippen LogP contribution in [0.1, 0.15) is 54.6 Å². The van der Waals surface area contributed by atoms with Crippen LogP contribution in [0.5, 0.6) is 5.75 Å². The minimum Gasteiger partial charge on any atom is -0.494 e. The maximum absolute atomic E-state index is 13.5. The number of sulfonamides is 1. The first-order valence-corrected chi connectivity index (χ1v) is 14.6. The third kappa shape index (κ3) is 5.54. The molecule has 2 aliphatic rings. The third-order valence-electron chi connectivity index (χ3n) is 7.33. The summed E-state index contributed by atoms with van der Waals surface area (Å²) in [6, 6.07) is 18.5. The summed E-state index contributed by atoms with van der Waals surface area (Å²) in [5.74, 6) is 0.543. The second kappa shape index (κ2) is 11.1. The van der Waals surface area contributed by atoms with Crippen molar-refractivity contribution in [3.8, 4) is 5.75 Å². The van der Waals surface area contributed by atoms with Gasteiger partial charge in [0.05, 0.1) is 11.5 Å². The zero-order valence-corrected chi connectivity index (χ0v) is 22.3. The standard InChI is InChI=1S/C29H33N3O5S/c1-2-3-4-16-37-25-12-8-22(9-13-25)29(34)30-24-10-14-26(15-11-24)38(35,36)31-18-21-17-23(20-31)27-6-5-7-28(33)32(27)19-21/h5-15,21,23H,2-4,16-20H2,1H3,(H,30,34)/t21-,23-/m0/s1. The molecule has 1 aromatic heterocycles. The zero-order valence-electron chi connectivity index (χ0n) is 21.5. The predicted molar refractivity (Wildman–Crippen MR) is 146 cm³/mol. The van der Waals surface area contributed by atoms with Gasteiger partial charge in [0.1, 0.15) is 5.75 Å². The number of unbranched alkanes of at least 4 members (excludes halogenated alkanes) is 2. The van der Waals surface area contributed by atoms with Gasteiger partial charge in [0.2, 0.25) is 10.0 Å². The molecular formula is C29H33N3O5S. The maximum atomic E-state index is 13.5. The molecule has 9 heteroatoms. The summed E-state index contributed by atoms with van der Waals surface area (Å²) in [6.45, 7) is 4.06. The lowest BCUT2D eigenvalue weighted by molar-refractivity contribution is 0.102. The van der Waals surface area contributed by atoms with Gasteiger partial charge in [-0.3, -0.25) is 9.59 Å². The van der Waals surface area contributed by atoms with E-state index in [2.05, 4.69) is 12.2 Å². The first-order valence-electron chi connectivity index (χ1n) is 13.2. The highest BCUT2D eigenvalue weighted by molar-refractivity contribution is 7.89. The topological polar surface area (TPSA) is 97.7 Å². The van der Waals surface area contributed by atoms with Crippen LogP contribution in [0.15, 0.2) is 76.4 Å². The number of amides is 1. The van der Waals surface area contributed by atoms with E-state index in [0.717, 1.165) is 37.1 Å². The van der Waals surface area contributed by atoms with E-state index in [1.807, 2.05) is 6.07 Å². The number of fused-ring (bicyclic) bond motifs is 4. The summed E-state index contributed by atoms with van der Waals surface area (Å²) in [4.78, 5) is 25.1. The average Bonchev–Trinajstić information content (AvgIpc) is 2.92. The number of benzene rings is 2. The molecule has 2 aromatic carbocycles. The Morgan fingerprint density at radius 1 is 0.974 bits per heavy atom. The van der Waals surface area contributed by atoms with Crippen molar-refractivity contribution in [1.29, 1.82) is 0 Å². The SMILES string of the molecule is CCCCCOc1ccc(C(=O)Nc2ccc(S(=O)(=O)N3C[C@@H]4C[C@@H](C3)c3cccc(=O)n3C4)cc2)cc1. The summed E-state index contributed by atoms with van der Waals surface area (Å²) < 4.78 is 35.9. The number of aromatic nitrogens is 1. The van der Waals surface area contributed by atoms with E-state index in [-0.39, 0.29) is 28.2 Å². The molecule has 1 amide bonds. The number of piperidine rings is 1. The fourth-order valence-electron chi connectivity index (χ4n) is 5.36. The quantitative estimate of drug-likeness (QED) is 0.408. The van der Waals surface area contributed by atoms with Crippen molar-refractivity contribution in [2.24, 2.45) is 5.92 Å². The second-order valence-electron chi connectivity index (χ2n) is 10.1. The molecule has 0 radical (unpaired) electrons. The summed E-state index contributed by atoms with van der Waals surface area (Å²) in [5.41, 5.74) is 1.88. The lowest BCUT2D eigenvalue weighted by Crippen LogP contribution is -2.48. The highest BCUT2D eigenvalue weighted by Crippen LogP contribution is 2.37. The monoisotopic (exact) mass is 535 g/mol. The molecule has 2 atom stereocenters. The normalized spacial score (nSPS) is 19.0. The molecule has 1 fully saturated rings. The fourth-order valence-corrected chi connectivity index (χ4v) is 6.92. The molecule has 3 heterocycles. The number of hydrogen-bond donors (Lipinski definition) is 1. The van der Waals surface area contributed by atoms with Crippen LogP contribution in [0.25, 0.3) is 0 Å². The second-order valence-corrected chi connectivity index (χ2v) is 12.0. The van der Waals surface area contributed by atoms with Crippen LogP contribution in [0.4, 0.5) is 5.69 Å². The molecule has 0 aliphatic carbocycles. The molecule has 3 aromatic rings. The number of nitrogens with zero attached hydrogens (tertiary/aromatic N) is 2. The Morgan fingerprint density at radius 2 is 1.74 bits per heavy atom. The van der Waals surface area contributed by atoms with Gasteiger partial charge >= 0.3 is 0 Å². The molecule has 5 rings (SSSR count). The van der Waals surface area contributed by atoms with E-state index < -0.39 is 10.0 Å². The number of rotatable bonds is 9. The van der Waals surface area contributed by atoms with Gasteiger partial charge in [0, 0.05) is 48.6 Å². The van der Waals surface area contributed by atoms with E-state index in [4.69, 9.17) is 4.74 Å². The largest absolute Gasteiger partial charge is 0.494 e. The van der Waals surface area contributed by atoms with Crippen LogP contribution < -0.4 is 15.6 Å². The Bertz CT molecular complexity index is 1450. The molecule has 0 spiro atoms. The third-order valence-corrected chi connectivity index (χ3v) is 9.18. The Balaban J connectivity index is 1.22. The van der Waals surface area contributed by atoms with Gasteiger partial charge in [-0.2, -0.15) is 4.31 Å². The summed E-state index contributed by atoms with van der Waals surface area (Å²) in [6.07, 6.45) is 4.13. The molecule has 0 unspecified atom stereocenters. The van der Waals surface area contributed by atoms with E-state index in [9.17, 15) is 18.0 Å². The number of pyridine rings is 1. The van der Waals surface area contributed by atoms with Crippen molar-refractivity contribution < 1.29 is 17.9 Å². The molecule has 0 saturated carbocycles. The zero-order chi connectivity index (χ0) is 26.7. The van der Waals surface area contributed by atoms with Crippen molar-refractivity contribution >= 4 is 21.6 Å². The van der Waals surface area contributed by atoms with Crippen LogP contribution in [0.2, 0.25) is 0 Å². The van der Waals surface area contributed by atoms with E-state index >= 15 is 0 Å². The molecule has 2 aliphatic heterocycles. The average molecular weight is 536 g/mol. The van der Waals surface area contributed by atoms with Gasteiger partial charge in [-0.1, -0.05) is 25.8 Å². The smallest absolute Gasteiger partial charge is 0.255 e. The molecule has 38 heavy (non-hydrogen) atoms. The fraction of sp³-hybridized carbons (Fsp3) is 0.379. The van der Waals surface area contributed by atoms with E-state index in [0.29, 0.717) is 37.5 Å². The van der Waals surface area contributed by atoms with Gasteiger partial charge in [-0.05, 0) is 73.4 Å². The number of anilines is 1. The lowest BCUT2D eigenvalue weighted by Gasteiger charge is -2.42.